The van der Waals surface area contributed by atoms with Gasteiger partial charge in [-0.2, -0.15) is 5.26 Å². The molecule has 146 valence electrons. The molecule has 6 heteroatoms. The van der Waals surface area contributed by atoms with Crippen LogP contribution in [0.5, 0.6) is 5.75 Å². The molecule has 1 atom stereocenters. The predicted molar refractivity (Wildman–Crippen MR) is 112 cm³/mol. The molecule has 0 saturated heterocycles. The van der Waals surface area contributed by atoms with Gasteiger partial charge in [0.05, 0.1) is 16.9 Å². The number of anilines is 1. The largest absolute Gasteiger partial charge is 0.439 e. The quantitative estimate of drug-likeness (QED) is 0.684. The van der Waals surface area contributed by atoms with Crippen LogP contribution in [0.1, 0.15) is 30.9 Å². The van der Waals surface area contributed by atoms with Crippen LogP contribution in [0.2, 0.25) is 0 Å². The third kappa shape index (κ3) is 3.01. The minimum atomic E-state index is -0.643. The molecule has 0 aliphatic carbocycles. The second kappa shape index (κ2) is 7.36. The SMILES string of the molecule is CCN(CC)c1ccc([C@@H]2C(C#N)=C(N)Oc3c2c(=O)oc2ccccc32)cc1. The third-order valence-electron chi connectivity index (χ3n) is 5.33. The van der Waals surface area contributed by atoms with Gasteiger partial charge in [0.25, 0.3) is 0 Å². The number of nitrogens with two attached hydrogens (primary N) is 1. The third-order valence-corrected chi connectivity index (χ3v) is 5.33. The molecule has 0 bridgehead atoms. The van der Waals surface area contributed by atoms with E-state index in [9.17, 15) is 10.1 Å². The first kappa shape index (κ1) is 18.6. The molecule has 0 radical (unpaired) electrons. The standard InChI is InChI=1S/C23H21N3O3/c1-3-26(4-2)15-11-9-14(10-12-15)19-17(13-24)22(25)29-21-16-7-5-6-8-18(16)28-23(27)20(19)21/h5-12,19H,3-4,25H2,1-2H3/t19-/m1/s1. The number of nitrogens with zero attached hydrogens (tertiary/aromatic N) is 2. The van der Waals surface area contributed by atoms with E-state index in [1.807, 2.05) is 36.4 Å². The summed E-state index contributed by atoms with van der Waals surface area (Å²) in [7, 11) is 0. The Hall–Kier alpha value is -3.72. The van der Waals surface area contributed by atoms with Crippen molar-refractivity contribution < 1.29 is 9.15 Å². The number of allylic oxidation sites excluding steroid dienone is 1. The van der Waals surface area contributed by atoms with Crippen LogP contribution in [0.15, 0.2) is 69.2 Å². The summed E-state index contributed by atoms with van der Waals surface area (Å²) in [6.45, 7) is 5.98. The minimum absolute atomic E-state index is 0.00794. The molecule has 1 aromatic heterocycles. The Bertz CT molecular complexity index is 1200. The van der Waals surface area contributed by atoms with Crippen molar-refractivity contribution in [1.82, 2.24) is 0 Å². The van der Waals surface area contributed by atoms with Gasteiger partial charge in [0.2, 0.25) is 5.88 Å². The van der Waals surface area contributed by atoms with Crippen molar-refractivity contribution in [3.8, 4) is 11.8 Å². The monoisotopic (exact) mass is 387 g/mol. The van der Waals surface area contributed by atoms with E-state index in [0.717, 1.165) is 24.3 Å². The molecular formula is C23H21N3O3. The molecule has 0 unspecified atom stereocenters. The van der Waals surface area contributed by atoms with Gasteiger partial charge < -0.3 is 19.8 Å². The molecule has 0 spiro atoms. The first-order valence-corrected chi connectivity index (χ1v) is 9.57. The van der Waals surface area contributed by atoms with Gasteiger partial charge in [0.15, 0.2) is 5.75 Å². The van der Waals surface area contributed by atoms with Gasteiger partial charge in [-0.05, 0) is 43.7 Å². The zero-order valence-corrected chi connectivity index (χ0v) is 16.3. The second-order valence-corrected chi connectivity index (χ2v) is 6.82. The molecule has 2 N–H and O–H groups in total. The number of nitriles is 1. The van der Waals surface area contributed by atoms with Crippen molar-refractivity contribution in [2.75, 3.05) is 18.0 Å². The molecule has 2 aromatic carbocycles. The van der Waals surface area contributed by atoms with E-state index in [-0.39, 0.29) is 11.5 Å². The second-order valence-electron chi connectivity index (χ2n) is 6.82. The van der Waals surface area contributed by atoms with Crippen molar-refractivity contribution in [1.29, 1.82) is 5.26 Å². The van der Waals surface area contributed by atoms with Gasteiger partial charge in [0, 0.05) is 18.8 Å². The van der Waals surface area contributed by atoms with Crippen LogP contribution in [0.4, 0.5) is 5.69 Å². The highest BCUT2D eigenvalue weighted by molar-refractivity contribution is 5.86. The summed E-state index contributed by atoms with van der Waals surface area (Å²) in [4.78, 5) is 15.1. The van der Waals surface area contributed by atoms with Crippen molar-refractivity contribution in [2.24, 2.45) is 5.73 Å². The molecule has 2 heterocycles. The van der Waals surface area contributed by atoms with Gasteiger partial charge in [-0.15, -0.1) is 0 Å². The molecule has 0 amide bonds. The lowest BCUT2D eigenvalue weighted by atomic mass is 9.84. The fourth-order valence-electron chi connectivity index (χ4n) is 3.87. The summed E-state index contributed by atoms with van der Waals surface area (Å²) >= 11 is 0. The smallest absolute Gasteiger partial charge is 0.344 e. The number of rotatable bonds is 4. The summed E-state index contributed by atoms with van der Waals surface area (Å²) in [6, 6.07) is 17.1. The van der Waals surface area contributed by atoms with Gasteiger partial charge >= 0.3 is 5.63 Å². The number of fused-ring (bicyclic) bond motifs is 3. The number of para-hydroxylation sites is 1. The van der Waals surface area contributed by atoms with Crippen molar-refractivity contribution in [2.45, 2.75) is 19.8 Å². The normalized spacial score (nSPS) is 15.6. The van der Waals surface area contributed by atoms with Crippen molar-refractivity contribution in [3.63, 3.8) is 0 Å². The molecule has 0 saturated carbocycles. The van der Waals surface area contributed by atoms with Crippen LogP contribution in [0.3, 0.4) is 0 Å². The highest BCUT2D eigenvalue weighted by Gasteiger charge is 2.35. The maximum Gasteiger partial charge on any atom is 0.344 e. The Morgan fingerprint density at radius 3 is 2.45 bits per heavy atom. The molecule has 0 fully saturated rings. The van der Waals surface area contributed by atoms with E-state index in [0.29, 0.717) is 22.3 Å². The first-order chi connectivity index (χ1) is 14.1. The van der Waals surface area contributed by atoms with Gasteiger partial charge in [-0.1, -0.05) is 24.3 Å². The maximum absolute atomic E-state index is 12.9. The van der Waals surface area contributed by atoms with E-state index < -0.39 is 11.5 Å². The van der Waals surface area contributed by atoms with Crippen LogP contribution in [-0.2, 0) is 0 Å². The Kier molecular flexibility index (Phi) is 4.73. The Morgan fingerprint density at radius 2 is 1.79 bits per heavy atom. The zero-order valence-electron chi connectivity index (χ0n) is 16.3. The van der Waals surface area contributed by atoms with Crippen LogP contribution in [-0.4, -0.2) is 13.1 Å². The zero-order chi connectivity index (χ0) is 20.5. The average Bonchev–Trinajstić information content (AvgIpc) is 2.74. The van der Waals surface area contributed by atoms with Gasteiger partial charge in [-0.25, -0.2) is 4.79 Å². The summed E-state index contributed by atoms with van der Waals surface area (Å²) in [5.74, 6) is -0.282. The van der Waals surface area contributed by atoms with Crippen LogP contribution in [0.25, 0.3) is 11.0 Å². The molecule has 29 heavy (non-hydrogen) atoms. The molecule has 6 nitrogen and oxygen atoms in total. The summed E-state index contributed by atoms with van der Waals surface area (Å²) < 4.78 is 11.3. The van der Waals surface area contributed by atoms with Crippen molar-refractivity contribution >= 4 is 16.7 Å². The Balaban J connectivity index is 1.93. The van der Waals surface area contributed by atoms with Gasteiger partial charge in [-0.3, -0.25) is 0 Å². The van der Waals surface area contributed by atoms with E-state index >= 15 is 0 Å². The fraction of sp³-hybridized carbons (Fsp3) is 0.217. The van der Waals surface area contributed by atoms with Crippen LogP contribution >= 0.6 is 0 Å². The molecule has 4 rings (SSSR count). The first-order valence-electron chi connectivity index (χ1n) is 9.57. The molecule has 1 aliphatic heterocycles. The number of benzene rings is 2. The van der Waals surface area contributed by atoms with E-state index in [2.05, 4.69) is 24.8 Å². The molecule has 3 aromatic rings. The minimum Gasteiger partial charge on any atom is -0.439 e. The number of hydrogen-bond donors (Lipinski definition) is 1. The lowest BCUT2D eigenvalue weighted by Gasteiger charge is -2.27. The highest BCUT2D eigenvalue weighted by Crippen LogP contribution is 2.43. The van der Waals surface area contributed by atoms with Crippen molar-refractivity contribution in [3.05, 3.63) is 81.5 Å². The average molecular weight is 387 g/mol. The maximum atomic E-state index is 12.9. The van der Waals surface area contributed by atoms with E-state index in [1.54, 1.807) is 12.1 Å². The topological polar surface area (TPSA) is 92.5 Å². The Morgan fingerprint density at radius 1 is 1.10 bits per heavy atom. The summed E-state index contributed by atoms with van der Waals surface area (Å²) in [5.41, 5.74) is 8.34. The van der Waals surface area contributed by atoms with Crippen LogP contribution in [0, 0.1) is 11.3 Å². The van der Waals surface area contributed by atoms with Crippen LogP contribution < -0.4 is 21.0 Å². The fourth-order valence-corrected chi connectivity index (χ4v) is 3.87. The lowest BCUT2D eigenvalue weighted by molar-refractivity contribution is 0.388. The van der Waals surface area contributed by atoms with E-state index in [1.165, 1.54) is 0 Å². The molecular weight excluding hydrogens is 366 g/mol. The van der Waals surface area contributed by atoms with Gasteiger partial charge in [0.1, 0.15) is 17.2 Å². The summed E-state index contributed by atoms with van der Waals surface area (Å²) in [6.07, 6.45) is 0. The Labute approximate surface area is 168 Å². The summed E-state index contributed by atoms with van der Waals surface area (Å²) in [5, 5.41) is 10.4. The molecule has 1 aliphatic rings. The number of hydrogen-bond acceptors (Lipinski definition) is 6. The lowest BCUT2D eigenvalue weighted by Crippen LogP contribution is -2.26. The highest BCUT2D eigenvalue weighted by atomic mass is 16.5. The number of ether oxygens (including phenoxy) is 1. The predicted octanol–water partition coefficient (Wildman–Crippen LogP) is 3.86. The van der Waals surface area contributed by atoms with E-state index in [4.69, 9.17) is 14.9 Å².